The summed E-state index contributed by atoms with van der Waals surface area (Å²) in [5.74, 6) is 0.705. The number of aromatic amines is 1. The van der Waals surface area contributed by atoms with Crippen LogP contribution < -0.4 is 0 Å². The molecule has 1 aromatic heterocycles. The molecule has 0 radical (unpaired) electrons. The molecule has 1 aliphatic heterocycles. The van der Waals surface area contributed by atoms with Crippen molar-refractivity contribution in [3.05, 3.63) is 58.7 Å². The zero-order valence-electron chi connectivity index (χ0n) is 12.7. The number of nitrogens with zero attached hydrogens (tertiary/aromatic N) is 2. The zero-order valence-corrected chi connectivity index (χ0v) is 15.1. The number of piperidine rings is 1. The molecule has 0 aliphatic carbocycles. The van der Waals surface area contributed by atoms with Gasteiger partial charge in [0.15, 0.2) is 0 Å². The first kappa shape index (κ1) is 15.2. The Hall–Kier alpha value is -1.30. The van der Waals surface area contributed by atoms with Crippen LogP contribution in [0.1, 0.15) is 24.3 Å². The molecule has 0 atom stereocenters. The molecule has 5 heteroatoms. The molecule has 23 heavy (non-hydrogen) atoms. The highest BCUT2D eigenvalue weighted by atomic mass is 79.9. The van der Waals surface area contributed by atoms with Crippen molar-refractivity contribution in [3.63, 3.8) is 0 Å². The van der Waals surface area contributed by atoms with Crippen molar-refractivity contribution < 1.29 is 0 Å². The third-order valence-corrected chi connectivity index (χ3v) is 6.13. The van der Waals surface area contributed by atoms with Gasteiger partial charge in [-0.2, -0.15) is 5.10 Å². The highest BCUT2D eigenvalue weighted by Gasteiger charge is 2.21. The van der Waals surface area contributed by atoms with Crippen LogP contribution in [-0.4, -0.2) is 27.6 Å². The van der Waals surface area contributed by atoms with Gasteiger partial charge >= 0.3 is 0 Å². The van der Waals surface area contributed by atoms with Crippen LogP contribution in [0.15, 0.2) is 58.0 Å². The lowest BCUT2D eigenvalue weighted by Gasteiger charge is -2.31. The highest BCUT2D eigenvalue weighted by Crippen LogP contribution is 2.35. The second-order valence-corrected chi connectivity index (χ2v) is 7.97. The second-order valence-electron chi connectivity index (χ2n) is 5.94. The Morgan fingerprint density at radius 1 is 1.13 bits per heavy atom. The van der Waals surface area contributed by atoms with Crippen LogP contribution in [0.25, 0.3) is 10.9 Å². The molecule has 0 amide bonds. The molecule has 1 fully saturated rings. The summed E-state index contributed by atoms with van der Waals surface area (Å²) >= 11 is 5.48. The number of fused-ring (bicyclic) bond motifs is 1. The summed E-state index contributed by atoms with van der Waals surface area (Å²) in [4.78, 5) is 1.27. The Kier molecular flexibility index (Phi) is 4.42. The maximum absolute atomic E-state index is 4.12. The summed E-state index contributed by atoms with van der Waals surface area (Å²) < 4.78 is 3.56. The first-order chi connectivity index (χ1) is 11.3. The Morgan fingerprint density at radius 2 is 1.91 bits per heavy atom. The van der Waals surface area contributed by atoms with Gasteiger partial charge in [-0.3, -0.25) is 5.10 Å². The Balaban J connectivity index is 1.42. The fourth-order valence-electron chi connectivity index (χ4n) is 3.20. The van der Waals surface area contributed by atoms with E-state index < -0.39 is 0 Å². The summed E-state index contributed by atoms with van der Waals surface area (Å²) in [5, 5.41) is 8.29. The summed E-state index contributed by atoms with van der Waals surface area (Å²) in [6.45, 7) is 2.26. The molecule has 1 saturated heterocycles. The van der Waals surface area contributed by atoms with E-state index in [1.54, 1.807) is 0 Å². The molecule has 3 nitrogen and oxygen atoms in total. The molecule has 2 aromatic carbocycles. The van der Waals surface area contributed by atoms with Crippen LogP contribution in [0.2, 0.25) is 0 Å². The highest BCUT2D eigenvalue weighted by molar-refractivity contribution is 9.10. The van der Waals surface area contributed by atoms with E-state index in [0.717, 1.165) is 28.5 Å². The fourth-order valence-corrected chi connectivity index (χ4v) is 4.95. The molecule has 4 rings (SSSR count). The molecular weight excluding hydrogens is 370 g/mol. The standard InChI is InChI=1S/C18H18BrN3S/c19-17-11-16(10-15-12-20-21-18(15)17)23-22-8-6-14(7-9-22)13-4-2-1-3-5-13/h1-5,10-12,14H,6-9H2,(H,20,21). The van der Waals surface area contributed by atoms with Crippen molar-refractivity contribution in [2.24, 2.45) is 0 Å². The van der Waals surface area contributed by atoms with Gasteiger partial charge in [-0.25, -0.2) is 4.31 Å². The number of H-pyrrole nitrogens is 1. The summed E-state index contributed by atoms with van der Waals surface area (Å²) in [6, 6.07) is 15.3. The van der Waals surface area contributed by atoms with E-state index in [1.165, 1.54) is 23.3 Å². The number of rotatable bonds is 3. The third-order valence-electron chi connectivity index (χ3n) is 4.43. The Morgan fingerprint density at radius 3 is 2.70 bits per heavy atom. The normalized spacial score (nSPS) is 16.9. The van der Waals surface area contributed by atoms with Crippen molar-refractivity contribution in [2.45, 2.75) is 23.7 Å². The average Bonchev–Trinajstić information content (AvgIpc) is 3.05. The molecule has 0 saturated carbocycles. The van der Waals surface area contributed by atoms with Crippen molar-refractivity contribution in [2.75, 3.05) is 13.1 Å². The quantitative estimate of drug-likeness (QED) is 0.625. The van der Waals surface area contributed by atoms with Gasteiger partial charge in [-0.15, -0.1) is 0 Å². The van der Waals surface area contributed by atoms with Crippen molar-refractivity contribution >= 4 is 38.8 Å². The second kappa shape index (κ2) is 6.67. The van der Waals surface area contributed by atoms with Gasteiger partial charge in [0.1, 0.15) is 0 Å². The van der Waals surface area contributed by atoms with Gasteiger partial charge < -0.3 is 0 Å². The van der Waals surface area contributed by atoms with Crippen LogP contribution in [-0.2, 0) is 0 Å². The van der Waals surface area contributed by atoms with Crippen molar-refractivity contribution in [3.8, 4) is 0 Å². The molecule has 2 heterocycles. The number of nitrogens with one attached hydrogen (secondary N) is 1. The van der Waals surface area contributed by atoms with Crippen LogP contribution in [0, 0.1) is 0 Å². The summed E-state index contributed by atoms with van der Waals surface area (Å²) in [5.41, 5.74) is 2.55. The molecular formula is C18H18BrN3S. The number of aromatic nitrogens is 2. The lowest BCUT2D eigenvalue weighted by atomic mass is 9.90. The van der Waals surface area contributed by atoms with E-state index in [2.05, 4.69) is 72.9 Å². The lowest BCUT2D eigenvalue weighted by molar-refractivity contribution is 0.346. The summed E-state index contributed by atoms with van der Waals surface area (Å²) in [7, 11) is 0. The lowest BCUT2D eigenvalue weighted by Crippen LogP contribution is -2.27. The van der Waals surface area contributed by atoms with E-state index in [9.17, 15) is 0 Å². The molecule has 3 aromatic rings. The monoisotopic (exact) mass is 387 g/mol. The molecule has 0 bridgehead atoms. The van der Waals surface area contributed by atoms with Crippen molar-refractivity contribution in [1.82, 2.24) is 14.5 Å². The van der Waals surface area contributed by atoms with E-state index in [1.807, 2.05) is 18.1 Å². The van der Waals surface area contributed by atoms with Crippen molar-refractivity contribution in [1.29, 1.82) is 0 Å². The molecule has 0 spiro atoms. The number of halogens is 1. The Labute approximate surface area is 148 Å². The van der Waals surface area contributed by atoms with Gasteiger partial charge in [-0.1, -0.05) is 30.3 Å². The average molecular weight is 388 g/mol. The van der Waals surface area contributed by atoms with E-state index in [0.29, 0.717) is 5.92 Å². The minimum absolute atomic E-state index is 0.705. The molecule has 0 unspecified atom stereocenters. The summed E-state index contributed by atoms with van der Waals surface area (Å²) in [6.07, 6.45) is 4.34. The van der Waals surface area contributed by atoms with Gasteiger partial charge in [0.25, 0.3) is 0 Å². The third kappa shape index (κ3) is 3.32. The minimum atomic E-state index is 0.705. The van der Waals surface area contributed by atoms with Gasteiger partial charge in [0.05, 0.1) is 11.7 Å². The van der Waals surface area contributed by atoms with Crippen LogP contribution >= 0.6 is 27.9 Å². The molecule has 1 N–H and O–H groups in total. The van der Waals surface area contributed by atoms with Crippen LogP contribution in [0.3, 0.4) is 0 Å². The van der Waals surface area contributed by atoms with Gasteiger partial charge in [0.2, 0.25) is 0 Å². The SMILES string of the molecule is Brc1cc(SN2CCC(c3ccccc3)CC2)cc2cn[nH]c12. The van der Waals surface area contributed by atoms with Gasteiger partial charge in [-0.05, 0) is 64.3 Å². The first-order valence-corrected chi connectivity index (χ1v) is 9.47. The first-order valence-electron chi connectivity index (χ1n) is 7.90. The number of benzene rings is 2. The van der Waals surface area contributed by atoms with Crippen LogP contribution in [0.5, 0.6) is 0 Å². The van der Waals surface area contributed by atoms with E-state index in [4.69, 9.17) is 0 Å². The molecule has 118 valence electrons. The zero-order chi connectivity index (χ0) is 15.6. The minimum Gasteiger partial charge on any atom is -0.277 e. The molecule has 1 aliphatic rings. The van der Waals surface area contributed by atoms with E-state index in [-0.39, 0.29) is 0 Å². The fraction of sp³-hybridized carbons (Fsp3) is 0.278. The number of hydrogen-bond acceptors (Lipinski definition) is 3. The maximum atomic E-state index is 4.12. The largest absolute Gasteiger partial charge is 0.277 e. The topological polar surface area (TPSA) is 31.9 Å². The van der Waals surface area contributed by atoms with E-state index >= 15 is 0 Å². The predicted molar refractivity (Wildman–Crippen MR) is 99.6 cm³/mol. The predicted octanol–water partition coefficient (Wildman–Crippen LogP) is 5.21. The van der Waals surface area contributed by atoms with Gasteiger partial charge in [0, 0.05) is 27.8 Å². The Bertz CT molecular complexity index is 794. The maximum Gasteiger partial charge on any atom is 0.0793 e. The number of hydrogen-bond donors (Lipinski definition) is 1. The van der Waals surface area contributed by atoms with Crippen LogP contribution in [0.4, 0.5) is 0 Å². The smallest absolute Gasteiger partial charge is 0.0793 e.